The maximum absolute atomic E-state index is 12.8. The molecule has 2 saturated heterocycles. The van der Waals surface area contributed by atoms with Gasteiger partial charge in [0.15, 0.2) is 0 Å². The first-order chi connectivity index (χ1) is 10.9. The fourth-order valence-electron chi connectivity index (χ4n) is 3.49. The molecule has 1 amide bonds. The van der Waals surface area contributed by atoms with Crippen molar-refractivity contribution < 1.29 is 13.2 Å². The number of nitrogens with two attached hydrogens (primary N) is 1. The van der Waals surface area contributed by atoms with Gasteiger partial charge in [0, 0.05) is 24.7 Å². The molecule has 2 fully saturated rings. The summed E-state index contributed by atoms with van der Waals surface area (Å²) in [5.74, 6) is 0.468. The van der Waals surface area contributed by atoms with Gasteiger partial charge >= 0.3 is 0 Å². The van der Waals surface area contributed by atoms with E-state index < -0.39 is 10.0 Å². The Morgan fingerprint density at radius 2 is 2.17 bits per heavy atom. The maximum atomic E-state index is 12.8. The van der Waals surface area contributed by atoms with Crippen molar-refractivity contribution in [2.24, 2.45) is 11.7 Å². The lowest BCUT2D eigenvalue weighted by Crippen LogP contribution is -2.34. The Labute approximate surface area is 137 Å². The van der Waals surface area contributed by atoms with Gasteiger partial charge < -0.3 is 10.6 Å². The lowest BCUT2D eigenvalue weighted by Gasteiger charge is -2.23. The molecule has 0 bridgehead atoms. The number of carbonyl (C=O) groups is 1. The van der Waals surface area contributed by atoms with Crippen LogP contribution in [-0.4, -0.2) is 50.7 Å². The molecule has 2 atom stereocenters. The van der Waals surface area contributed by atoms with Crippen molar-refractivity contribution in [2.45, 2.75) is 25.8 Å². The molecule has 2 unspecified atom stereocenters. The van der Waals surface area contributed by atoms with E-state index >= 15 is 0 Å². The van der Waals surface area contributed by atoms with Crippen molar-refractivity contribution in [3.63, 3.8) is 0 Å². The fourth-order valence-corrected chi connectivity index (χ4v) is 5.04. The van der Waals surface area contributed by atoms with Crippen LogP contribution in [-0.2, 0) is 10.0 Å². The van der Waals surface area contributed by atoms with Crippen LogP contribution in [0.15, 0.2) is 24.3 Å². The molecule has 0 aromatic heterocycles. The van der Waals surface area contributed by atoms with Crippen molar-refractivity contribution in [3.8, 4) is 0 Å². The second-order valence-corrected chi connectivity index (χ2v) is 8.45. The van der Waals surface area contributed by atoms with Crippen LogP contribution in [0.3, 0.4) is 0 Å². The van der Waals surface area contributed by atoms with Crippen LogP contribution >= 0.6 is 0 Å². The molecule has 126 valence electrons. The SMILES string of the molecule is CC1CC(CN)CN1C(=O)c1cccc(N2CCCS2(=O)=O)c1. The van der Waals surface area contributed by atoms with Crippen molar-refractivity contribution in [1.29, 1.82) is 0 Å². The first-order valence-electron chi connectivity index (χ1n) is 8.04. The number of likely N-dealkylation sites (tertiary alicyclic amines) is 1. The zero-order valence-corrected chi connectivity index (χ0v) is 14.1. The first-order valence-corrected chi connectivity index (χ1v) is 9.65. The van der Waals surface area contributed by atoms with E-state index in [0.29, 0.717) is 43.2 Å². The molecule has 0 radical (unpaired) electrons. The van der Waals surface area contributed by atoms with Gasteiger partial charge in [-0.2, -0.15) is 0 Å². The summed E-state index contributed by atoms with van der Waals surface area (Å²) in [6.45, 7) is 3.76. The van der Waals surface area contributed by atoms with Crippen LogP contribution in [0.4, 0.5) is 5.69 Å². The van der Waals surface area contributed by atoms with Gasteiger partial charge in [-0.25, -0.2) is 8.42 Å². The van der Waals surface area contributed by atoms with Gasteiger partial charge in [0.1, 0.15) is 0 Å². The number of anilines is 1. The van der Waals surface area contributed by atoms with Gasteiger partial charge in [0.05, 0.1) is 11.4 Å². The summed E-state index contributed by atoms with van der Waals surface area (Å²) < 4.78 is 25.5. The number of hydrogen-bond donors (Lipinski definition) is 1. The summed E-state index contributed by atoms with van der Waals surface area (Å²) in [6.07, 6.45) is 1.55. The molecule has 2 aliphatic heterocycles. The van der Waals surface area contributed by atoms with Crippen molar-refractivity contribution in [3.05, 3.63) is 29.8 Å². The highest BCUT2D eigenvalue weighted by atomic mass is 32.2. The van der Waals surface area contributed by atoms with E-state index in [4.69, 9.17) is 5.73 Å². The number of carbonyl (C=O) groups excluding carboxylic acids is 1. The van der Waals surface area contributed by atoms with Crippen LogP contribution in [0.5, 0.6) is 0 Å². The number of amides is 1. The summed E-state index contributed by atoms with van der Waals surface area (Å²) in [7, 11) is -3.23. The monoisotopic (exact) mass is 337 g/mol. The van der Waals surface area contributed by atoms with Crippen LogP contribution in [0.1, 0.15) is 30.1 Å². The molecule has 7 heteroatoms. The number of benzene rings is 1. The molecule has 0 saturated carbocycles. The minimum absolute atomic E-state index is 0.0492. The van der Waals surface area contributed by atoms with E-state index in [0.717, 1.165) is 6.42 Å². The van der Waals surface area contributed by atoms with E-state index in [1.807, 2.05) is 11.8 Å². The standard InChI is InChI=1S/C16H23N3O3S/c1-12-8-13(10-17)11-18(12)16(20)14-4-2-5-15(9-14)19-6-3-7-23(19,21)22/h2,4-5,9,12-13H,3,6-8,10-11,17H2,1H3. The van der Waals surface area contributed by atoms with Gasteiger partial charge in [-0.05, 0) is 50.4 Å². The van der Waals surface area contributed by atoms with E-state index in [-0.39, 0.29) is 17.7 Å². The van der Waals surface area contributed by atoms with Crippen LogP contribution in [0.2, 0.25) is 0 Å². The molecule has 2 aliphatic rings. The Morgan fingerprint density at radius 1 is 1.39 bits per heavy atom. The van der Waals surface area contributed by atoms with Crippen LogP contribution in [0.25, 0.3) is 0 Å². The number of hydrogen-bond acceptors (Lipinski definition) is 4. The summed E-state index contributed by atoms with van der Waals surface area (Å²) in [5.41, 5.74) is 6.84. The summed E-state index contributed by atoms with van der Waals surface area (Å²) in [5, 5.41) is 0. The van der Waals surface area contributed by atoms with E-state index in [1.165, 1.54) is 4.31 Å². The number of rotatable bonds is 3. The highest BCUT2D eigenvalue weighted by Gasteiger charge is 2.33. The minimum atomic E-state index is -3.23. The Morgan fingerprint density at radius 3 is 2.78 bits per heavy atom. The number of sulfonamides is 1. The highest BCUT2D eigenvalue weighted by Crippen LogP contribution is 2.28. The maximum Gasteiger partial charge on any atom is 0.254 e. The van der Waals surface area contributed by atoms with E-state index in [1.54, 1.807) is 24.3 Å². The van der Waals surface area contributed by atoms with Gasteiger partial charge in [-0.3, -0.25) is 9.10 Å². The van der Waals surface area contributed by atoms with Crippen molar-refractivity contribution >= 4 is 21.6 Å². The Kier molecular flexibility index (Phi) is 4.33. The normalized spacial score (nSPS) is 26.7. The minimum Gasteiger partial charge on any atom is -0.336 e. The molecule has 6 nitrogen and oxygen atoms in total. The predicted molar refractivity (Wildman–Crippen MR) is 89.9 cm³/mol. The average Bonchev–Trinajstić information content (AvgIpc) is 3.08. The summed E-state index contributed by atoms with van der Waals surface area (Å²) in [4.78, 5) is 14.6. The molecular formula is C16H23N3O3S. The van der Waals surface area contributed by atoms with E-state index in [9.17, 15) is 13.2 Å². The second kappa shape index (κ2) is 6.13. The van der Waals surface area contributed by atoms with Crippen molar-refractivity contribution in [1.82, 2.24) is 4.90 Å². The van der Waals surface area contributed by atoms with Crippen LogP contribution < -0.4 is 10.0 Å². The summed E-state index contributed by atoms with van der Waals surface area (Å²) in [6, 6.07) is 7.09. The first kappa shape index (κ1) is 16.3. The lowest BCUT2D eigenvalue weighted by molar-refractivity contribution is 0.0743. The molecule has 1 aromatic rings. The zero-order valence-electron chi connectivity index (χ0n) is 13.3. The van der Waals surface area contributed by atoms with E-state index in [2.05, 4.69) is 0 Å². The quantitative estimate of drug-likeness (QED) is 0.893. The van der Waals surface area contributed by atoms with Crippen molar-refractivity contribution in [2.75, 3.05) is 29.7 Å². The Bertz CT molecular complexity index is 704. The Hall–Kier alpha value is -1.60. The Balaban J connectivity index is 1.84. The largest absolute Gasteiger partial charge is 0.336 e. The molecule has 0 aliphatic carbocycles. The molecular weight excluding hydrogens is 314 g/mol. The van der Waals surface area contributed by atoms with Gasteiger partial charge in [0.2, 0.25) is 10.0 Å². The zero-order chi connectivity index (χ0) is 16.6. The molecule has 0 spiro atoms. The third-order valence-electron chi connectivity index (χ3n) is 4.74. The third kappa shape index (κ3) is 3.07. The predicted octanol–water partition coefficient (Wildman–Crippen LogP) is 1.04. The smallest absolute Gasteiger partial charge is 0.254 e. The van der Waals surface area contributed by atoms with Crippen LogP contribution in [0, 0.1) is 5.92 Å². The topological polar surface area (TPSA) is 83.7 Å². The summed E-state index contributed by atoms with van der Waals surface area (Å²) >= 11 is 0. The molecule has 23 heavy (non-hydrogen) atoms. The van der Waals surface area contributed by atoms with Gasteiger partial charge in [-0.1, -0.05) is 6.07 Å². The highest BCUT2D eigenvalue weighted by molar-refractivity contribution is 7.93. The second-order valence-electron chi connectivity index (χ2n) is 6.44. The average molecular weight is 337 g/mol. The third-order valence-corrected chi connectivity index (χ3v) is 6.61. The fraction of sp³-hybridized carbons (Fsp3) is 0.562. The lowest BCUT2D eigenvalue weighted by atomic mass is 10.1. The molecule has 1 aromatic carbocycles. The van der Waals surface area contributed by atoms with Gasteiger partial charge in [0.25, 0.3) is 5.91 Å². The number of nitrogens with zero attached hydrogens (tertiary/aromatic N) is 2. The molecule has 2 N–H and O–H groups in total. The molecule has 3 rings (SSSR count). The molecule has 2 heterocycles. The van der Waals surface area contributed by atoms with Gasteiger partial charge in [-0.15, -0.1) is 0 Å².